The number of carbonyl (C=O) groups is 2. The van der Waals surface area contributed by atoms with Crippen LogP contribution in [-0.4, -0.2) is 31.3 Å². The maximum Gasteiger partial charge on any atom is 0.317 e. The molecule has 2 atom stereocenters. The van der Waals surface area contributed by atoms with Crippen molar-refractivity contribution in [3.8, 4) is 5.75 Å². The third-order valence-electron chi connectivity index (χ3n) is 3.52. The van der Waals surface area contributed by atoms with Crippen LogP contribution in [0.5, 0.6) is 5.75 Å². The lowest BCUT2D eigenvalue weighted by molar-refractivity contribution is -0.146. The number of hydrogen-bond donors (Lipinski definition) is 2. The summed E-state index contributed by atoms with van der Waals surface area (Å²) in [5.74, 6) is -1.12. The van der Waals surface area contributed by atoms with E-state index in [1.54, 1.807) is 29.7 Å². The first-order valence-corrected chi connectivity index (χ1v) is 5.77. The van der Waals surface area contributed by atoms with E-state index in [4.69, 9.17) is 14.7 Å². The van der Waals surface area contributed by atoms with E-state index in [9.17, 15) is 9.59 Å². The number of hydrogen-bond acceptors (Lipinski definition) is 5. The van der Waals surface area contributed by atoms with Gasteiger partial charge in [-0.1, -0.05) is 12.1 Å². The van der Waals surface area contributed by atoms with Crippen molar-refractivity contribution < 1.29 is 24.3 Å². The molecular formula is C13H15NO5. The number of ether oxygens (including phenoxy) is 2. The van der Waals surface area contributed by atoms with E-state index in [1.807, 2.05) is 0 Å². The van der Waals surface area contributed by atoms with Gasteiger partial charge >= 0.3 is 5.97 Å². The molecule has 0 heterocycles. The highest BCUT2D eigenvalue weighted by Gasteiger charge is 2.65. The number of rotatable bonds is 4. The summed E-state index contributed by atoms with van der Waals surface area (Å²) in [4.78, 5) is 23.5. The maximum atomic E-state index is 12.0. The molecule has 0 aromatic heterocycles. The number of amides is 1. The fraction of sp³-hybridized carbons (Fsp3) is 0.385. The van der Waals surface area contributed by atoms with Gasteiger partial charge in [0.1, 0.15) is 11.2 Å². The van der Waals surface area contributed by atoms with Crippen LogP contribution in [0.4, 0.5) is 0 Å². The molecule has 1 aliphatic rings. The average molecular weight is 265 g/mol. The van der Waals surface area contributed by atoms with Gasteiger partial charge in [-0.05, 0) is 24.1 Å². The van der Waals surface area contributed by atoms with Crippen LogP contribution in [0.2, 0.25) is 0 Å². The van der Waals surface area contributed by atoms with Gasteiger partial charge in [-0.15, -0.1) is 0 Å². The highest BCUT2D eigenvalue weighted by atomic mass is 16.5. The Bertz CT molecular complexity index is 516. The van der Waals surface area contributed by atoms with Crippen LogP contribution < -0.4 is 10.2 Å². The van der Waals surface area contributed by atoms with Gasteiger partial charge in [-0.2, -0.15) is 0 Å². The van der Waals surface area contributed by atoms with Crippen molar-refractivity contribution in [3.05, 3.63) is 29.8 Å². The van der Waals surface area contributed by atoms with Crippen molar-refractivity contribution in [1.29, 1.82) is 0 Å². The molecule has 0 bridgehead atoms. The fourth-order valence-electron chi connectivity index (χ4n) is 2.40. The van der Waals surface area contributed by atoms with E-state index < -0.39 is 23.2 Å². The predicted octanol–water partition coefficient (Wildman–Crippen LogP) is 0.631. The molecule has 2 N–H and O–H groups in total. The quantitative estimate of drug-likeness (QED) is 0.474. The molecule has 0 radical (unpaired) electrons. The summed E-state index contributed by atoms with van der Waals surface area (Å²) in [7, 11) is 2.80. The van der Waals surface area contributed by atoms with Crippen LogP contribution in [0.15, 0.2) is 24.3 Å². The molecule has 102 valence electrons. The molecule has 1 aliphatic carbocycles. The molecule has 6 nitrogen and oxygen atoms in total. The predicted molar refractivity (Wildman–Crippen MR) is 64.7 cm³/mol. The Morgan fingerprint density at radius 2 is 2.16 bits per heavy atom. The van der Waals surface area contributed by atoms with Crippen LogP contribution >= 0.6 is 0 Å². The highest BCUT2D eigenvalue weighted by Crippen LogP contribution is 2.55. The average Bonchev–Trinajstić information content (AvgIpc) is 3.22. The Kier molecular flexibility index (Phi) is 3.44. The zero-order valence-electron chi connectivity index (χ0n) is 10.7. The molecular weight excluding hydrogens is 250 g/mol. The first-order valence-electron chi connectivity index (χ1n) is 5.77. The largest absolute Gasteiger partial charge is 0.497 e. The van der Waals surface area contributed by atoms with Crippen LogP contribution in [0.3, 0.4) is 0 Å². The van der Waals surface area contributed by atoms with Crippen LogP contribution in [0.1, 0.15) is 12.0 Å². The lowest BCUT2D eigenvalue weighted by Gasteiger charge is -2.15. The zero-order chi connectivity index (χ0) is 14.0. The second kappa shape index (κ2) is 4.89. The number of nitrogens with one attached hydrogen (secondary N) is 1. The topological polar surface area (TPSA) is 84.9 Å². The van der Waals surface area contributed by atoms with Gasteiger partial charge < -0.3 is 9.47 Å². The van der Waals surface area contributed by atoms with Crippen molar-refractivity contribution in [2.45, 2.75) is 11.8 Å². The van der Waals surface area contributed by atoms with Crippen molar-refractivity contribution in [1.82, 2.24) is 5.48 Å². The zero-order valence-corrected chi connectivity index (χ0v) is 10.7. The van der Waals surface area contributed by atoms with E-state index >= 15 is 0 Å². The van der Waals surface area contributed by atoms with E-state index in [-0.39, 0.29) is 0 Å². The third kappa shape index (κ3) is 2.04. The minimum Gasteiger partial charge on any atom is -0.497 e. The molecule has 0 aliphatic heterocycles. The number of methoxy groups -OCH3 is 2. The SMILES string of the molecule is COC(=O)[C@]1(c2cccc(OC)c2)C[C@@H]1C(=O)NO. The normalized spacial score (nSPS) is 24.5. The van der Waals surface area contributed by atoms with Crippen LogP contribution in [0.25, 0.3) is 0 Å². The van der Waals surface area contributed by atoms with Gasteiger partial charge in [0.15, 0.2) is 0 Å². The molecule has 1 saturated carbocycles. The minimum atomic E-state index is -1.03. The van der Waals surface area contributed by atoms with Gasteiger partial charge in [0.05, 0.1) is 20.1 Å². The van der Waals surface area contributed by atoms with Gasteiger partial charge in [0.2, 0.25) is 5.91 Å². The molecule has 0 saturated heterocycles. The van der Waals surface area contributed by atoms with Crippen LogP contribution in [0, 0.1) is 5.92 Å². The van der Waals surface area contributed by atoms with Gasteiger partial charge in [-0.25, -0.2) is 5.48 Å². The Labute approximate surface area is 110 Å². The van der Waals surface area contributed by atoms with Crippen molar-refractivity contribution in [2.24, 2.45) is 5.92 Å². The number of hydroxylamine groups is 1. The summed E-state index contributed by atoms with van der Waals surface area (Å²) in [6.45, 7) is 0. The molecule has 1 fully saturated rings. The third-order valence-corrected chi connectivity index (χ3v) is 3.52. The molecule has 2 rings (SSSR count). The molecule has 0 unspecified atom stereocenters. The monoisotopic (exact) mass is 265 g/mol. The molecule has 19 heavy (non-hydrogen) atoms. The van der Waals surface area contributed by atoms with Crippen molar-refractivity contribution in [2.75, 3.05) is 14.2 Å². The van der Waals surface area contributed by atoms with Crippen LogP contribution in [-0.2, 0) is 19.7 Å². The highest BCUT2D eigenvalue weighted by molar-refractivity contribution is 5.97. The first-order chi connectivity index (χ1) is 9.09. The first kappa shape index (κ1) is 13.4. The minimum absolute atomic E-state index is 0.305. The fourth-order valence-corrected chi connectivity index (χ4v) is 2.40. The summed E-state index contributed by atoms with van der Waals surface area (Å²) in [5, 5.41) is 8.70. The lowest BCUT2D eigenvalue weighted by atomic mass is 9.92. The Morgan fingerprint density at radius 3 is 2.74 bits per heavy atom. The van der Waals surface area contributed by atoms with E-state index in [2.05, 4.69) is 0 Å². The Morgan fingerprint density at radius 1 is 1.42 bits per heavy atom. The summed E-state index contributed by atoms with van der Waals surface area (Å²) in [6.07, 6.45) is 0.305. The standard InChI is InChI=1S/C13H15NO5/c1-18-9-5-3-4-8(6-9)13(12(16)19-2)7-10(13)11(15)14-17/h3-6,10,17H,7H2,1-2H3,(H,14,15)/t10-,13+/m1/s1. The molecule has 1 aromatic carbocycles. The summed E-state index contributed by atoms with van der Waals surface area (Å²) >= 11 is 0. The van der Waals surface area contributed by atoms with Gasteiger partial charge in [-0.3, -0.25) is 14.8 Å². The molecule has 6 heteroatoms. The Balaban J connectivity index is 2.40. The Hall–Kier alpha value is -2.08. The number of esters is 1. The second-order valence-corrected chi connectivity index (χ2v) is 4.43. The number of carbonyl (C=O) groups excluding carboxylic acids is 2. The van der Waals surface area contributed by atoms with E-state index in [0.29, 0.717) is 17.7 Å². The second-order valence-electron chi connectivity index (χ2n) is 4.43. The van der Waals surface area contributed by atoms with Crippen molar-refractivity contribution >= 4 is 11.9 Å². The smallest absolute Gasteiger partial charge is 0.317 e. The van der Waals surface area contributed by atoms with Gasteiger partial charge in [0, 0.05) is 0 Å². The van der Waals surface area contributed by atoms with E-state index in [0.717, 1.165) is 0 Å². The maximum absolute atomic E-state index is 12.0. The summed E-state index contributed by atoms with van der Waals surface area (Å²) in [6, 6.07) is 6.93. The summed E-state index contributed by atoms with van der Waals surface area (Å²) in [5.41, 5.74) is 1.20. The molecule has 0 spiro atoms. The van der Waals surface area contributed by atoms with Crippen molar-refractivity contribution in [3.63, 3.8) is 0 Å². The van der Waals surface area contributed by atoms with E-state index in [1.165, 1.54) is 14.2 Å². The molecule has 1 amide bonds. The lowest BCUT2D eigenvalue weighted by Crippen LogP contribution is -2.31. The summed E-state index contributed by atoms with van der Waals surface area (Å²) < 4.78 is 9.90. The molecule has 1 aromatic rings. The van der Waals surface area contributed by atoms with Gasteiger partial charge in [0.25, 0.3) is 0 Å². The number of benzene rings is 1.